The maximum absolute atomic E-state index is 6.28. The zero-order valence-corrected chi connectivity index (χ0v) is 11.2. The van der Waals surface area contributed by atoms with Crippen molar-refractivity contribution >= 4 is 10.8 Å². The van der Waals surface area contributed by atoms with Crippen LogP contribution in [0.5, 0.6) is 5.75 Å². The molecule has 3 aromatic rings. The fraction of sp³-hybridized carbons (Fsp3) is 0.111. The highest BCUT2D eigenvalue weighted by Gasteiger charge is 2.10. The molecule has 2 N–H and O–H groups in total. The average Bonchev–Trinajstić information content (AvgIpc) is 2.53. The van der Waals surface area contributed by atoms with E-state index in [0.717, 1.165) is 11.3 Å². The van der Waals surface area contributed by atoms with E-state index in [2.05, 4.69) is 24.3 Å². The molecule has 3 rings (SSSR count). The molecule has 0 aliphatic rings. The number of rotatable bonds is 4. The molecule has 3 aromatic carbocycles. The van der Waals surface area contributed by atoms with Crippen molar-refractivity contribution in [3.05, 3.63) is 78.4 Å². The van der Waals surface area contributed by atoms with Crippen LogP contribution in [0.2, 0.25) is 0 Å². The lowest BCUT2D eigenvalue weighted by atomic mass is 10.00. The maximum Gasteiger partial charge on any atom is 0.119 e. The Morgan fingerprint density at radius 1 is 0.800 bits per heavy atom. The summed E-state index contributed by atoms with van der Waals surface area (Å²) in [6.45, 7) is 0.470. The van der Waals surface area contributed by atoms with Crippen LogP contribution in [0, 0.1) is 0 Å². The van der Waals surface area contributed by atoms with Crippen molar-refractivity contribution in [1.29, 1.82) is 0 Å². The highest BCUT2D eigenvalue weighted by Crippen LogP contribution is 2.23. The Labute approximate surface area is 118 Å². The minimum absolute atomic E-state index is 0.138. The summed E-state index contributed by atoms with van der Waals surface area (Å²) in [4.78, 5) is 0. The first-order valence-electron chi connectivity index (χ1n) is 6.76. The average molecular weight is 263 g/mol. The Morgan fingerprint density at radius 3 is 2.35 bits per heavy atom. The van der Waals surface area contributed by atoms with E-state index in [4.69, 9.17) is 10.5 Å². The summed E-state index contributed by atoms with van der Waals surface area (Å²) >= 11 is 0. The summed E-state index contributed by atoms with van der Waals surface area (Å²) in [7, 11) is 0. The third-order valence-corrected chi connectivity index (χ3v) is 3.40. The van der Waals surface area contributed by atoms with Gasteiger partial charge >= 0.3 is 0 Å². The first-order chi connectivity index (χ1) is 9.84. The minimum atomic E-state index is -0.138. The number of hydrogen-bond acceptors (Lipinski definition) is 2. The van der Waals surface area contributed by atoms with Gasteiger partial charge in [0.2, 0.25) is 0 Å². The fourth-order valence-electron chi connectivity index (χ4n) is 2.37. The number of benzene rings is 3. The van der Waals surface area contributed by atoms with Crippen LogP contribution in [-0.4, -0.2) is 6.61 Å². The van der Waals surface area contributed by atoms with E-state index in [0.29, 0.717) is 6.61 Å². The van der Waals surface area contributed by atoms with Gasteiger partial charge in [0, 0.05) is 0 Å². The second-order valence-electron chi connectivity index (χ2n) is 4.80. The topological polar surface area (TPSA) is 35.2 Å². The SMILES string of the molecule is N[C@H](COc1ccccc1)c1cccc2ccccc12. The standard InChI is InChI=1S/C18H17NO/c19-18(13-20-15-9-2-1-3-10-15)17-12-6-8-14-7-4-5-11-16(14)17/h1-12,18H,13,19H2/t18-/m1/s1. The van der Waals surface area contributed by atoms with E-state index in [-0.39, 0.29) is 6.04 Å². The molecule has 20 heavy (non-hydrogen) atoms. The molecule has 0 spiro atoms. The van der Waals surface area contributed by atoms with Crippen LogP contribution in [0.15, 0.2) is 72.8 Å². The van der Waals surface area contributed by atoms with Gasteiger partial charge in [-0.25, -0.2) is 0 Å². The quantitative estimate of drug-likeness (QED) is 0.774. The van der Waals surface area contributed by atoms with Gasteiger partial charge in [-0.15, -0.1) is 0 Å². The smallest absolute Gasteiger partial charge is 0.119 e. The zero-order valence-electron chi connectivity index (χ0n) is 11.2. The molecule has 2 nitrogen and oxygen atoms in total. The van der Waals surface area contributed by atoms with Gasteiger partial charge in [-0.05, 0) is 28.5 Å². The van der Waals surface area contributed by atoms with Gasteiger partial charge in [0.15, 0.2) is 0 Å². The van der Waals surface area contributed by atoms with Crippen molar-refractivity contribution in [3.63, 3.8) is 0 Å². The molecule has 0 aromatic heterocycles. The first kappa shape index (κ1) is 12.7. The van der Waals surface area contributed by atoms with E-state index in [1.54, 1.807) is 0 Å². The van der Waals surface area contributed by atoms with Gasteiger partial charge in [-0.2, -0.15) is 0 Å². The van der Waals surface area contributed by atoms with Gasteiger partial charge in [-0.1, -0.05) is 60.7 Å². The third kappa shape index (κ3) is 2.65. The molecule has 0 bridgehead atoms. The largest absolute Gasteiger partial charge is 0.492 e. The zero-order chi connectivity index (χ0) is 13.8. The maximum atomic E-state index is 6.28. The van der Waals surface area contributed by atoms with Gasteiger partial charge < -0.3 is 10.5 Å². The summed E-state index contributed by atoms with van der Waals surface area (Å²) in [6.07, 6.45) is 0. The van der Waals surface area contributed by atoms with Crippen LogP contribution in [0.1, 0.15) is 11.6 Å². The van der Waals surface area contributed by atoms with Crippen molar-refractivity contribution < 1.29 is 4.74 Å². The second-order valence-corrected chi connectivity index (χ2v) is 4.80. The summed E-state index contributed by atoms with van der Waals surface area (Å²) in [5.41, 5.74) is 7.41. The molecule has 0 aliphatic heterocycles. The molecule has 0 unspecified atom stereocenters. The molecular formula is C18H17NO. The minimum Gasteiger partial charge on any atom is -0.492 e. The lowest BCUT2D eigenvalue weighted by molar-refractivity contribution is 0.291. The summed E-state index contributed by atoms with van der Waals surface area (Å²) < 4.78 is 5.75. The van der Waals surface area contributed by atoms with Gasteiger partial charge in [-0.3, -0.25) is 0 Å². The molecule has 0 saturated carbocycles. The van der Waals surface area contributed by atoms with E-state index < -0.39 is 0 Å². The molecule has 0 aliphatic carbocycles. The molecule has 0 fully saturated rings. The fourth-order valence-corrected chi connectivity index (χ4v) is 2.37. The lowest BCUT2D eigenvalue weighted by Crippen LogP contribution is -2.19. The predicted octanol–water partition coefficient (Wildman–Crippen LogP) is 3.92. The van der Waals surface area contributed by atoms with Crippen molar-refractivity contribution in [3.8, 4) is 5.75 Å². The molecule has 100 valence electrons. The molecule has 0 radical (unpaired) electrons. The van der Waals surface area contributed by atoms with Crippen LogP contribution in [0.4, 0.5) is 0 Å². The molecule has 2 heteroatoms. The molecular weight excluding hydrogens is 246 g/mol. The van der Waals surface area contributed by atoms with Gasteiger partial charge in [0.1, 0.15) is 12.4 Å². The Bertz CT molecular complexity index is 689. The Morgan fingerprint density at radius 2 is 1.50 bits per heavy atom. The van der Waals surface area contributed by atoms with E-state index in [9.17, 15) is 0 Å². The van der Waals surface area contributed by atoms with E-state index in [1.807, 2.05) is 48.5 Å². The summed E-state index contributed by atoms with van der Waals surface area (Å²) in [5.74, 6) is 0.850. The number of fused-ring (bicyclic) bond motifs is 1. The number of ether oxygens (including phenoxy) is 1. The molecule has 0 saturated heterocycles. The van der Waals surface area contributed by atoms with Crippen molar-refractivity contribution in [2.75, 3.05) is 6.61 Å². The number of para-hydroxylation sites is 1. The Kier molecular flexibility index (Phi) is 3.66. The predicted molar refractivity (Wildman–Crippen MR) is 82.8 cm³/mol. The van der Waals surface area contributed by atoms with Crippen LogP contribution < -0.4 is 10.5 Å². The van der Waals surface area contributed by atoms with Crippen LogP contribution in [0.25, 0.3) is 10.8 Å². The normalized spacial score (nSPS) is 12.2. The lowest BCUT2D eigenvalue weighted by Gasteiger charge is -2.15. The van der Waals surface area contributed by atoms with E-state index in [1.165, 1.54) is 10.8 Å². The van der Waals surface area contributed by atoms with Gasteiger partial charge in [0.25, 0.3) is 0 Å². The van der Waals surface area contributed by atoms with Crippen molar-refractivity contribution in [2.24, 2.45) is 5.73 Å². The number of hydrogen-bond donors (Lipinski definition) is 1. The highest BCUT2D eigenvalue weighted by atomic mass is 16.5. The molecule has 1 atom stereocenters. The summed E-state index contributed by atoms with van der Waals surface area (Å²) in [5, 5.41) is 2.40. The third-order valence-electron chi connectivity index (χ3n) is 3.40. The molecule has 0 heterocycles. The van der Waals surface area contributed by atoms with Crippen molar-refractivity contribution in [1.82, 2.24) is 0 Å². The highest BCUT2D eigenvalue weighted by molar-refractivity contribution is 5.86. The first-order valence-corrected chi connectivity index (χ1v) is 6.76. The Hall–Kier alpha value is -2.32. The molecule has 0 amide bonds. The van der Waals surface area contributed by atoms with Crippen LogP contribution in [-0.2, 0) is 0 Å². The van der Waals surface area contributed by atoms with Crippen LogP contribution in [0.3, 0.4) is 0 Å². The van der Waals surface area contributed by atoms with Crippen LogP contribution >= 0.6 is 0 Å². The Balaban J connectivity index is 1.80. The second kappa shape index (κ2) is 5.76. The van der Waals surface area contributed by atoms with Crippen molar-refractivity contribution in [2.45, 2.75) is 6.04 Å². The van der Waals surface area contributed by atoms with E-state index >= 15 is 0 Å². The number of nitrogens with two attached hydrogens (primary N) is 1. The van der Waals surface area contributed by atoms with Gasteiger partial charge in [0.05, 0.1) is 6.04 Å². The monoisotopic (exact) mass is 263 g/mol. The summed E-state index contributed by atoms with van der Waals surface area (Å²) in [6, 6.07) is 24.1.